The first-order chi connectivity index (χ1) is 9.13. The molecule has 0 radical (unpaired) electrons. The number of piperidine rings is 1. The van der Waals surface area contributed by atoms with Crippen molar-refractivity contribution in [2.45, 2.75) is 30.3 Å². The lowest BCUT2D eigenvalue weighted by atomic mass is 9.95. The van der Waals surface area contributed by atoms with Gasteiger partial charge in [-0.2, -0.15) is 4.31 Å². The molecule has 2 rings (SSSR count). The molecule has 1 aromatic rings. The molecule has 1 aromatic carbocycles. The van der Waals surface area contributed by atoms with Crippen molar-refractivity contribution in [1.82, 2.24) is 4.31 Å². The minimum absolute atomic E-state index is 0.0125. The van der Waals surface area contributed by atoms with Crippen LogP contribution in [0.4, 0.5) is 14.5 Å². The van der Waals surface area contributed by atoms with Gasteiger partial charge in [-0.25, -0.2) is 17.2 Å². The molecule has 8 heteroatoms. The predicted octanol–water partition coefficient (Wildman–Crippen LogP) is 1.08. The number of anilines is 1. The summed E-state index contributed by atoms with van der Waals surface area (Å²) in [4.78, 5) is -0.992. The van der Waals surface area contributed by atoms with Crippen molar-refractivity contribution in [2.24, 2.45) is 0 Å². The molecule has 5 nitrogen and oxygen atoms in total. The smallest absolute Gasteiger partial charge is 0.248 e. The molecule has 0 spiro atoms. The van der Waals surface area contributed by atoms with Crippen LogP contribution in [0.2, 0.25) is 0 Å². The molecular weight excluding hydrogens is 290 g/mol. The summed E-state index contributed by atoms with van der Waals surface area (Å²) in [7, 11) is -4.27. The van der Waals surface area contributed by atoms with Crippen molar-refractivity contribution in [3.05, 3.63) is 23.8 Å². The largest absolute Gasteiger partial charge is 0.399 e. The first kappa shape index (κ1) is 15.1. The van der Waals surface area contributed by atoms with E-state index in [1.165, 1.54) is 0 Å². The zero-order valence-corrected chi connectivity index (χ0v) is 11.8. The van der Waals surface area contributed by atoms with E-state index in [2.05, 4.69) is 0 Å². The van der Waals surface area contributed by atoms with Crippen molar-refractivity contribution in [2.75, 3.05) is 18.8 Å². The van der Waals surface area contributed by atoms with E-state index in [0.29, 0.717) is 0 Å². The van der Waals surface area contributed by atoms with Gasteiger partial charge in [-0.1, -0.05) is 0 Å². The van der Waals surface area contributed by atoms with Crippen LogP contribution in [0.1, 0.15) is 19.8 Å². The van der Waals surface area contributed by atoms with Gasteiger partial charge in [-0.15, -0.1) is 0 Å². The summed E-state index contributed by atoms with van der Waals surface area (Å²) in [6.45, 7) is 1.62. The van der Waals surface area contributed by atoms with Gasteiger partial charge in [0.2, 0.25) is 10.0 Å². The highest BCUT2D eigenvalue weighted by atomic mass is 32.2. The fraction of sp³-hybridized carbons (Fsp3) is 0.500. The number of aliphatic hydroxyl groups is 1. The molecule has 20 heavy (non-hydrogen) atoms. The zero-order valence-electron chi connectivity index (χ0n) is 10.9. The lowest BCUT2D eigenvalue weighted by molar-refractivity contribution is 0.0125. The van der Waals surface area contributed by atoms with Crippen molar-refractivity contribution in [1.29, 1.82) is 0 Å². The van der Waals surface area contributed by atoms with Crippen LogP contribution in [0, 0.1) is 11.6 Å². The Morgan fingerprint density at radius 3 is 2.15 bits per heavy atom. The molecular formula is C12H16F2N2O3S. The monoisotopic (exact) mass is 306 g/mol. The van der Waals surface area contributed by atoms with E-state index in [4.69, 9.17) is 5.73 Å². The number of hydrogen-bond acceptors (Lipinski definition) is 4. The summed E-state index contributed by atoms with van der Waals surface area (Å²) in [6.07, 6.45) is 0.425. The number of hydrogen-bond donors (Lipinski definition) is 2. The molecule has 1 heterocycles. The highest BCUT2D eigenvalue weighted by Gasteiger charge is 2.36. The Morgan fingerprint density at radius 1 is 1.25 bits per heavy atom. The van der Waals surface area contributed by atoms with E-state index < -0.39 is 32.2 Å². The Morgan fingerprint density at radius 2 is 1.70 bits per heavy atom. The highest BCUT2D eigenvalue weighted by Crippen LogP contribution is 2.29. The van der Waals surface area contributed by atoms with E-state index in [-0.39, 0.29) is 31.6 Å². The normalized spacial score (nSPS) is 20.0. The number of nitrogens with two attached hydrogens (primary N) is 1. The molecule has 0 atom stereocenters. The van der Waals surface area contributed by atoms with Crippen LogP contribution < -0.4 is 5.73 Å². The molecule has 0 aromatic heterocycles. The summed E-state index contributed by atoms with van der Waals surface area (Å²) in [6, 6.07) is 1.55. The Labute approximate surface area is 116 Å². The summed E-state index contributed by atoms with van der Waals surface area (Å²) in [5, 5.41) is 9.79. The van der Waals surface area contributed by atoms with Crippen molar-refractivity contribution >= 4 is 15.7 Å². The Balaban J connectivity index is 2.37. The SMILES string of the molecule is CC1(O)CCN(S(=O)(=O)c2c(F)cc(N)cc2F)CC1. The van der Waals surface area contributed by atoms with Crippen LogP contribution in [0.3, 0.4) is 0 Å². The summed E-state index contributed by atoms with van der Waals surface area (Å²) < 4.78 is 53.0. The summed E-state index contributed by atoms with van der Waals surface area (Å²) in [5.74, 6) is -2.42. The van der Waals surface area contributed by atoms with Gasteiger partial charge >= 0.3 is 0 Å². The topological polar surface area (TPSA) is 83.6 Å². The molecule has 0 bridgehead atoms. The minimum atomic E-state index is -4.27. The van der Waals surface area contributed by atoms with Gasteiger partial charge in [0.15, 0.2) is 4.90 Å². The van der Waals surface area contributed by atoms with Crippen molar-refractivity contribution < 1.29 is 22.3 Å². The lowest BCUT2D eigenvalue weighted by Gasteiger charge is -2.35. The third-order valence-electron chi connectivity index (χ3n) is 3.42. The van der Waals surface area contributed by atoms with Gasteiger partial charge in [-0.3, -0.25) is 0 Å². The predicted molar refractivity (Wildman–Crippen MR) is 69.4 cm³/mol. The highest BCUT2D eigenvalue weighted by molar-refractivity contribution is 7.89. The Bertz CT molecular complexity index is 599. The molecule has 1 aliphatic heterocycles. The first-order valence-electron chi connectivity index (χ1n) is 6.10. The second-order valence-electron chi connectivity index (χ2n) is 5.21. The van der Waals surface area contributed by atoms with Crippen molar-refractivity contribution in [3.8, 4) is 0 Å². The van der Waals surface area contributed by atoms with Crippen molar-refractivity contribution in [3.63, 3.8) is 0 Å². The van der Waals surface area contributed by atoms with Gasteiger partial charge in [0, 0.05) is 18.8 Å². The summed E-state index contributed by atoms with van der Waals surface area (Å²) >= 11 is 0. The van der Waals surface area contributed by atoms with Crippen LogP contribution in [0.15, 0.2) is 17.0 Å². The average molecular weight is 306 g/mol. The third-order valence-corrected chi connectivity index (χ3v) is 5.37. The fourth-order valence-electron chi connectivity index (χ4n) is 2.16. The lowest BCUT2D eigenvalue weighted by Crippen LogP contribution is -2.45. The maximum atomic E-state index is 13.7. The third kappa shape index (κ3) is 2.77. The molecule has 3 N–H and O–H groups in total. The van der Waals surface area contributed by atoms with Gasteiger partial charge in [0.25, 0.3) is 0 Å². The van der Waals surface area contributed by atoms with Crippen LogP contribution in [-0.2, 0) is 10.0 Å². The Kier molecular flexibility index (Phi) is 3.74. The second kappa shape index (κ2) is 4.94. The Hall–Kier alpha value is -1.25. The molecule has 0 amide bonds. The summed E-state index contributed by atoms with van der Waals surface area (Å²) in [5.41, 5.74) is 4.13. The van der Waals surface area contributed by atoms with Crippen LogP contribution in [-0.4, -0.2) is 36.5 Å². The van der Waals surface area contributed by atoms with Gasteiger partial charge in [0.05, 0.1) is 5.60 Å². The molecule has 1 fully saturated rings. The fourth-order valence-corrected chi connectivity index (χ4v) is 3.70. The second-order valence-corrected chi connectivity index (χ2v) is 7.09. The maximum Gasteiger partial charge on any atom is 0.248 e. The average Bonchev–Trinajstić information content (AvgIpc) is 2.26. The van der Waals surface area contributed by atoms with Gasteiger partial charge in [-0.05, 0) is 31.9 Å². The molecule has 1 saturated heterocycles. The van der Waals surface area contributed by atoms with Crippen LogP contribution in [0.5, 0.6) is 0 Å². The molecule has 0 unspecified atom stereocenters. The van der Waals surface area contributed by atoms with Gasteiger partial charge in [0.1, 0.15) is 11.6 Å². The van der Waals surface area contributed by atoms with E-state index >= 15 is 0 Å². The quantitative estimate of drug-likeness (QED) is 0.801. The molecule has 0 saturated carbocycles. The van der Waals surface area contributed by atoms with E-state index in [9.17, 15) is 22.3 Å². The van der Waals surface area contributed by atoms with Crippen LogP contribution >= 0.6 is 0 Å². The van der Waals surface area contributed by atoms with E-state index in [1.807, 2.05) is 0 Å². The molecule has 112 valence electrons. The minimum Gasteiger partial charge on any atom is -0.399 e. The number of benzene rings is 1. The first-order valence-corrected chi connectivity index (χ1v) is 7.54. The number of rotatable bonds is 2. The maximum absolute atomic E-state index is 13.7. The van der Waals surface area contributed by atoms with E-state index in [1.54, 1.807) is 6.92 Å². The molecule has 0 aliphatic carbocycles. The standard InChI is InChI=1S/C12H16F2N2O3S/c1-12(17)2-4-16(5-3-12)20(18,19)11-9(13)6-8(15)7-10(11)14/h6-7,17H,2-5,15H2,1H3. The number of sulfonamides is 1. The van der Waals surface area contributed by atoms with Gasteiger partial charge < -0.3 is 10.8 Å². The number of nitrogens with zero attached hydrogens (tertiary/aromatic N) is 1. The zero-order chi connectivity index (χ0) is 15.1. The number of halogens is 2. The van der Waals surface area contributed by atoms with E-state index in [0.717, 1.165) is 16.4 Å². The van der Waals surface area contributed by atoms with Crippen LogP contribution in [0.25, 0.3) is 0 Å². The number of nitrogen functional groups attached to an aromatic ring is 1. The molecule has 1 aliphatic rings.